The number of hydrogen-bond acceptors (Lipinski definition) is 5. The summed E-state index contributed by atoms with van der Waals surface area (Å²) < 4.78 is 2.07. The maximum Gasteiger partial charge on any atom is 0.225 e. The van der Waals surface area contributed by atoms with E-state index in [-0.39, 0.29) is 18.4 Å². The van der Waals surface area contributed by atoms with Gasteiger partial charge in [0.2, 0.25) is 5.91 Å². The van der Waals surface area contributed by atoms with Crippen LogP contribution < -0.4 is 0 Å². The first-order valence-corrected chi connectivity index (χ1v) is 11.5. The summed E-state index contributed by atoms with van der Waals surface area (Å²) in [4.78, 5) is 21.1. The average molecular weight is 456 g/mol. The van der Waals surface area contributed by atoms with E-state index in [0.29, 0.717) is 10.8 Å². The van der Waals surface area contributed by atoms with E-state index in [1.165, 1.54) is 10.4 Å². The van der Waals surface area contributed by atoms with Crippen molar-refractivity contribution in [1.82, 2.24) is 19.7 Å². The van der Waals surface area contributed by atoms with Gasteiger partial charge in [-0.15, -0.1) is 21.5 Å². The molecule has 0 N–H and O–H groups in total. The molecule has 31 heavy (non-hydrogen) atoms. The fourth-order valence-corrected chi connectivity index (χ4v) is 5.07. The first-order chi connectivity index (χ1) is 14.7. The molecule has 3 heterocycles. The first kappa shape index (κ1) is 21.7. The molecule has 0 radical (unpaired) electrons. The molecule has 1 aromatic carbocycles. The highest BCUT2D eigenvalue weighted by atomic mass is 35.5. The van der Waals surface area contributed by atoms with Gasteiger partial charge in [-0.1, -0.05) is 23.7 Å². The van der Waals surface area contributed by atoms with Gasteiger partial charge in [-0.05, 0) is 52.3 Å². The maximum atomic E-state index is 13.0. The molecule has 0 saturated carbocycles. The number of benzene rings is 1. The third kappa shape index (κ3) is 3.81. The van der Waals surface area contributed by atoms with Crippen LogP contribution >= 0.6 is 22.9 Å². The normalized spacial score (nSPS) is 15.4. The molecule has 162 valence electrons. The minimum absolute atomic E-state index is 0.0320. The lowest BCUT2D eigenvalue weighted by atomic mass is 9.99. The number of fused-ring (bicyclic) bond motifs is 3. The number of rotatable bonds is 4. The molecule has 6 nitrogen and oxygen atoms in total. The SMILES string of the molecule is Cc1sc2c(c1C)C(c1ccc(Cl)cc1)=N[C@@H](CC(=O)N(C)C(C)C)c1nnc(C)n1-2. The Balaban J connectivity index is 1.93. The Labute approximate surface area is 191 Å². The van der Waals surface area contributed by atoms with E-state index in [1.54, 1.807) is 16.2 Å². The molecule has 0 spiro atoms. The summed E-state index contributed by atoms with van der Waals surface area (Å²) in [5, 5.41) is 10.5. The number of carbonyl (C=O) groups excluding carboxylic acids is 1. The van der Waals surface area contributed by atoms with Gasteiger partial charge >= 0.3 is 0 Å². The minimum atomic E-state index is -0.431. The number of amides is 1. The molecule has 1 aliphatic heterocycles. The van der Waals surface area contributed by atoms with Gasteiger partial charge in [0.1, 0.15) is 16.9 Å². The predicted octanol–water partition coefficient (Wildman–Crippen LogP) is 5.06. The van der Waals surface area contributed by atoms with Crippen molar-refractivity contribution in [2.45, 2.75) is 53.1 Å². The Bertz CT molecular complexity index is 1180. The van der Waals surface area contributed by atoms with Crippen molar-refractivity contribution in [3.05, 3.63) is 62.5 Å². The summed E-state index contributed by atoms with van der Waals surface area (Å²) in [6, 6.07) is 7.39. The molecule has 0 unspecified atom stereocenters. The second-order valence-electron chi connectivity index (χ2n) is 8.21. The molecular formula is C23H26ClN5OS. The van der Waals surface area contributed by atoms with Crippen molar-refractivity contribution < 1.29 is 4.79 Å². The fraction of sp³-hybridized carbons (Fsp3) is 0.391. The number of aromatic nitrogens is 3. The van der Waals surface area contributed by atoms with Gasteiger partial charge in [-0.2, -0.15) is 0 Å². The van der Waals surface area contributed by atoms with Crippen LogP contribution in [0, 0.1) is 20.8 Å². The number of halogens is 1. The van der Waals surface area contributed by atoms with Gasteiger partial charge in [0, 0.05) is 34.1 Å². The molecule has 1 aliphatic rings. The van der Waals surface area contributed by atoms with Gasteiger partial charge in [0.15, 0.2) is 5.82 Å². The molecule has 0 aliphatic carbocycles. The van der Waals surface area contributed by atoms with E-state index in [9.17, 15) is 4.79 Å². The lowest BCUT2D eigenvalue weighted by molar-refractivity contribution is -0.131. The summed E-state index contributed by atoms with van der Waals surface area (Å²) in [5.74, 6) is 1.53. The zero-order valence-electron chi connectivity index (χ0n) is 18.6. The van der Waals surface area contributed by atoms with Crippen molar-refractivity contribution in [2.75, 3.05) is 7.05 Å². The highest BCUT2D eigenvalue weighted by Gasteiger charge is 2.33. The zero-order chi connectivity index (χ0) is 22.4. The number of carbonyl (C=O) groups is 1. The number of nitrogens with zero attached hydrogens (tertiary/aromatic N) is 5. The Morgan fingerprint density at radius 3 is 2.52 bits per heavy atom. The number of hydrogen-bond donors (Lipinski definition) is 0. The highest BCUT2D eigenvalue weighted by Crippen LogP contribution is 2.39. The minimum Gasteiger partial charge on any atom is -0.343 e. The van der Waals surface area contributed by atoms with Crippen LogP contribution in [0.25, 0.3) is 5.00 Å². The monoisotopic (exact) mass is 455 g/mol. The van der Waals surface area contributed by atoms with E-state index in [2.05, 4.69) is 28.6 Å². The molecule has 0 fully saturated rings. The van der Waals surface area contributed by atoms with E-state index < -0.39 is 6.04 Å². The Morgan fingerprint density at radius 2 is 1.87 bits per heavy atom. The van der Waals surface area contributed by atoms with Crippen LogP contribution in [0.4, 0.5) is 0 Å². The van der Waals surface area contributed by atoms with Crippen LogP contribution in [0.2, 0.25) is 5.02 Å². The van der Waals surface area contributed by atoms with Crippen LogP contribution in [-0.4, -0.2) is 44.4 Å². The van der Waals surface area contributed by atoms with Gasteiger partial charge in [-0.3, -0.25) is 14.4 Å². The topological polar surface area (TPSA) is 63.4 Å². The second-order valence-corrected chi connectivity index (χ2v) is 9.85. The van der Waals surface area contributed by atoms with Gasteiger partial charge < -0.3 is 4.90 Å². The summed E-state index contributed by atoms with van der Waals surface area (Å²) >= 11 is 7.85. The zero-order valence-corrected chi connectivity index (χ0v) is 20.2. The largest absolute Gasteiger partial charge is 0.343 e. The quantitative estimate of drug-likeness (QED) is 0.552. The van der Waals surface area contributed by atoms with Crippen LogP contribution in [-0.2, 0) is 4.79 Å². The molecule has 4 rings (SSSR count). The molecule has 0 saturated heterocycles. The van der Waals surface area contributed by atoms with Crippen molar-refractivity contribution in [3.63, 3.8) is 0 Å². The van der Waals surface area contributed by atoms with Crippen molar-refractivity contribution in [2.24, 2.45) is 4.99 Å². The van der Waals surface area contributed by atoms with E-state index in [4.69, 9.17) is 16.6 Å². The number of aryl methyl sites for hydroxylation is 2. The molecular weight excluding hydrogens is 430 g/mol. The van der Waals surface area contributed by atoms with E-state index in [0.717, 1.165) is 27.7 Å². The van der Waals surface area contributed by atoms with Gasteiger partial charge in [0.05, 0.1) is 12.1 Å². The van der Waals surface area contributed by atoms with Crippen molar-refractivity contribution in [1.29, 1.82) is 0 Å². The van der Waals surface area contributed by atoms with Crippen molar-refractivity contribution >= 4 is 34.6 Å². The van der Waals surface area contributed by atoms with Crippen LogP contribution in [0.3, 0.4) is 0 Å². The summed E-state index contributed by atoms with van der Waals surface area (Å²) in [6.45, 7) is 10.2. The van der Waals surface area contributed by atoms with E-state index in [1.807, 2.05) is 52.1 Å². The van der Waals surface area contributed by atoms with E-state index >= 15 is 0 Å². The summed E-state index contributed by atoms with van der Waals surface area (Å²) in [7, 11) is 1.83. The Hall–Kier alpha value is -2.51. The third-order valence-corrected chi connectivity index (χ3v) is 7.34. The standard InChI is InChI=1S/C23H26ClN5OS/c1-12(2)28(6)19(30)11-18-22-27-26-15(5)29(22)23-20(13(3)14(4)31-23)21(25-18)16-7-9-17(24)10-8-16/h7-10,12,18H,11H2,1-6H3/t18-/m0/s1. The summed E-state index contributed by atoms with van der Waals surface area (Å²) in [5.41, 5.74) is 4.08. The maximum absolute atomic E-state index is 13.0. The fourth-order valence-electron chi connectivity index (χ4n) is 3.73. The lowest BCUT2D eigenvalue weighted by Gasteiger charge is -2.23. The van der Waals surface area contributed by atoms with Crippen LogP contribution in [0.15, 0.2) is 29.3 Å². The second kappa shape index (κ2) is 8.20. The van der Waals surface area contributed by atoms with Crippen LogP contribution in [0.1, 0.15) is 59.5 Å². The molecule has 1 amide bonds. The number of thiophene rings is 1. The molecule has 2 aromatic heterocycles. The third-order valence-electron chi connectivity index (χ3n) is 5.89. The predicted molar refractivity (Wildman–Crippen MR) is 126 cm³/mol. The molecule has 0 bridgehead atoms. The summed E-state index contributed by atoms with van der Waals surface area (Å²) in [6.07, 6.45) is 0.233. The van der Waals surface area contributed by atoms with Crippen molar-refractivity contribution in [3.8, 4) is 5.00 Å². The lowest BCUT2D eigenvalue weighted by Crippen LogP contribution is -2.34. The Kier molecular flexibility index (Phi) is 5.75. The smallest absolute Gasteiger partial charge is 0.225 e. The molecule has 3 aromatic rings. The number of aliphatic imine (C=N–C) groups is 1. The highest BCUT2D eigenvalue weighted by molar-refractivity contribution is 7.15. The first-order valence-electron chi connectivity index (χ1n) is 10.3. The van der Waals surface area contributed by atoms with Crippen LogP contribution in [0.5, 0.6) is 0 Å². The molecule has 8 heteroatoms. The Morgan fingerprint density at radius 1 is 1.19 bits per heavy atom. The van der Waals surface area contributed by atoms with Gasteiger partial charge in [-0.25, -0.2) is 0 Å². The molecule has 1 atom stereocenters. The average Bonchev–Trinajstić information content (AvgIpc) is 3.20. The van der Waals surface area contributed by atoms with Gasteiger partial charge in [0.25, 0.3) is 0 Å².